The highest BCUT2D eigenvalue weighted by Crippen LogP contribution is 2.25. The van der Waals surface area contributed by atoms with E-state index >= 15 is 0 Å². The number of rotatable bonds is 25. The quantitative estimate of drug-likeness (QED) is 0.100. The van der Waals surface area contributed by atoms with Crippen molar-refractivity contribution in [2.75, 3.05) is 6.61 Å². The SMILES string of the molecule is CCCCCCCCCCCCCCCCO[Si](CC)(CC)OC(CCC)CCCC. The van der Waals surface area contributed by atoms with Crippen molar-refractivity contribution < 1.29 is 8.85 Å². The molecule has 0 heterocycles. The van der Waals surface area contributed by atoms with Gasteiger partial charge in [-0.2, -0.15) is 0 Å². The predicted molar refractivity (Wildman–Crippen MR) is 142 cm³/mol. The fourth-order valence-electron chi connectivity index (χ4n) is 4.53. The molecule has 0 fully saturated rings. The normalized spacial score (nSPS) is 13.1. The van der Waals surface area contributed by atoms with E-state index in [-0.39, 0.29) is 0 Å². The van der Waals surface area contributed by atoms with Crippen LogP contribution < -0.4 is 0 Å². The first-order valence-corrected chi connectivity index (χ1v) is 16.7. The third-order valence-corrected chi connectivity index (χ3v) is 10.5. The zero-order valence-electron chi connectivity index (χ0n) is 22.5. The van der Waals surface area contributed by atoms with Crippen molar-refractivity contribution >= 4 is 8.56 Å². The lowest BCUT2D eigenvalue weighted by atomic mass is 10.0. The van der Waals surface area contributed by atoms with Crippen molar-refractivity contribution in [2.24, 2.45) is 0 Å². The van der Waals surface area contributed by atoms with Gasteiger partial charge < -0.3 is 8.85 Å². The van der Waals surface area contributed by atoms with E-state index in [0.29, 0.717) is 6.10 Å². The summed E-state index contributed by atoms with van der Waals surface area (Å²) in [5.74, 6) is 0. The minimum Gasteiger partial charge on any atom is -0.394 e. The second-order valence-electron chi connectivity index (χ2n) is 9.73. The summed E-state index contributed by atoms with van der Waals surface area (Å²) in [5.41, 5.74) is 0. The molecule has 0 saturated heterocycles. The van der Waals surface area contributed by atoms with E-state index in [1.54, 1.807) is 0 Å². The highest BCUT2D eigenvalue weighted by molar-refractivity contribution is 6.67. The molecule has 1 unspecified atom stereocenters. The summed E-state index contributed by atoms with van der Waals surface area (Å²) in [4.78, 5) is 0. The molecule has 0 radical (unpaired) electrons. The fourth-order valence-corrected chi connectivity index (χ4v) is 7.20. The zero-order valence-corrected chi connectivity index (χ0v) is 23.5. The standard InChI is InChI=1S/C28H60O2Si/c1-6-11-13-14-15-16-17-18-19-20-21-22-23-24-27-29-31(9-4,10-5)30-28(25-8-3)26-12-7-2/h28H,6-27H2,1-5H3. The highest BCUT2D eigenvalue weighted by Gasteiger charge is 2.35. The molecule has 0 saturated carbocycles. The largest absolute Gasteiger partial charge is 0.394 e. The van der Waals surface area contributed by atoms with Gasteiger partial charge in [0.1, 0.15) is 0 Å². The van der Waals surface area contributed by atoms with Crippen LogP contribution >= 0.6 is 0 Å². The van der Waals surface area contributed by atoms with Gasteiger partial charge in [-0.3, -0.25) is 0 Å². The third-order valence-electron chi connectivity index (χ3n) is 6.81. The van der Waals surface area contributed by atoms with Gasteiger partial charge in [-0.05, 0) is 31.4 Å². The Balaban J connectivity index is 3.78. The van der Waals surface area contributed by atoms with Crippen LogP contribution in [0.3, 0.4) is 0 Å². The molecular weight excluding hydrogens is 396 g/mol. The minimum absolute atomic E-state index is 0.424. The molecule has 0 aromatic heterocycles. The average molecular weight is 457 g/mol. The summed E-state index contributed by atoms with van der Waals surface area (Å²) in [6, 6.07) is 2.18. The minimum atomic E-state index is -2.00. The van der Waals surface area contributed by atoms with Gasteiger partial charge in [0.2, 0.25) is 0 Å². The summed E-state index contributed by atoms with van der Waals surface area (Å²) >= 11 is 0. The van der Waals surface area contributed by atoms with E-state index in [9.17, 15) is 0 Å². The van der Waals surface area contributed by atoms with Crippen LogP contribution in [0.2, 0.25) is 12.1 Å². The van der Waals surface area contributed by atoms with Gasteiger partial charge in [-0.1, -0.05) is 137 Å². The van der Waals surface area contributed by atoms with Crippen molar-refractivity contribution in [3.05, 3.63) is 0 Å². The van der Waals surface area contributed by atoms with E-state index < -0.39 is 8.56 Å². The molecule has 0 aromatic carbocycles. The van der Waals surface area contributed by atoms with Crippen LogP contribution in [0.4, 0.5) is 0 Å². The van der Waals surface area contributed by atoms with Crippen molar-refractivity contribution in [1.82, 2.24) is 0 Å². The summed E-state index contributed by atoms with van der Waals surface area (Å²) in [7, 11) is -2.00. The average Bonchev–Trinajstić information content (AvgIpc) is 2.79. The Morgan fingerprint density at radius 3 is 1.35 bits per heavy atom. The lowest BCUT2D eigenvalue weighted by Crippen LogP contribution is -2.44. The maximum Gasteiger partial charge on any atom is 0.337 e. The molecule has 3 heteroatoms. The number of hydrogen-bond acceptors (Lipinski definition) is 2. The second-order valence-corrected chi connectivity index (χ2v) is 13.5. The Hall–Kier alpha value is 0.137. The first-order valence-electron chi connectivity index (χ1n) is 14.5. The van der Waals surface area contributed by atoms with Crippen molar-refractivity contribution in [2.45, 2.75) is 175 Å². The Bertz CT molecular complexity index is 344. The molecule has 0 bridgehead atoms. The zero-order chi connectivity index (χ0) is 23.0. The fraction of sp³-hybridized carbons (Fsp3) is 1.00. The van der Waals surface area contributed by atoms with Gasteiger partial charge in [0, 0.05) is 12.7 Å². The lowest BCUT2D eigenvalue weighted by Gasteiger charge is -2.33. The Labute approximate surface area is 198 Å². The number of unbranched alkanes of at least 4 members (excludes halogenated alkanes) is 14. The van der Waals surface area contributed by atoms with E-state index in [1.807, 2.05) is 0 Å². The van der Waals surface area contributed by atoms with Crippen molar-refractivity contribution in [1.29, 1.82) is 0 Å². The lowest BCUT2D eigenvalue weighted by molar-refractivity contribution is 0.0972. The Kier molecular flexibility index (Phi) is 23.4. The van der Waals surface area contributed by atoms with E-state index in [4.69, 9.17) is 8.85 Å². The van der Waals surface area contributed by atoms with Crippen molar-refractivity contribution in [3.8, 4) is 0 Å². The van der Waals surface area contributed by atoms with Gasteiger partial charge in [0.05, 0.1) is 0 Å². The predicted octanol–water partition coefficient (Wildman–Crippen LogP) is 10.3. The maximum atomic E-state index is 6.71. The molecule has 0 aliphatic rings. The Morgan fingerprint density at radius 2 is 0.935 bits per heavy atom. The summed E-state index contributed by atoms with van der Waals surface area (Å²) in [6.45, 7) is 12.3. The van der Waals surface area contributed by atoms with Crippen LogP contribution in [0.15, 0.2) is 0 Å². The third kappa shape index (κ3) is 18.3. The maximum absolute atomic E-state index is 6.71. The van der Waals surface area contributed by atoms with Crippen LogP contribution in [0, 0.1) is 0 Å². The summed E-state index contributed by atoms with van der Waals surface area (Å²) < 4.78 is 13.2. The van der Waals surface area contributed by atoms with Crippen LogP contribution in [0.1, 0.15) is 157 Å². The molecule has 0 N–H and O–H groups in total. The molecule has 31 heavy (non-hydrogen) atoms. The van der Waals surface area contributed by atoms with Gasteiger partial charge in [0.25, 0.3) is 0 Å². The van der Waals surface area contributed by atoms with Crippen molar-refractivity contribution in [3.63, 3.8) is 0 Å². The Morgan fingerprint density at radius 1 is 0.484 bits per heavy atom. The second kappa shape index (κ2) is 23.3. The van der Waals surface area contributed by atoms with Gasteiger partial charge >= 0.3 is 8.56 Å². The molecule has 2 nitrogen and oxygen atoms in total. The molecule has 188 valence electrons. The molecule has 0 aliphatic heterocycles. The van der Waals surface area contributed by atoms with Crippen LogP contribution in [0.5, 0.6) is 0 Å². The van der Waals surface area contributed by atoms with Crippen LogP contribution in [-0.2, 0) is 8.85 Å². The topological polar surface area (TPSA) is 18.5 Å². The first-order chi connectivity index (χ1) is 15.2. The van der Waals surface area contributed by atoms with Gasteiger partial charge in [-0.15, -0.1) is 0 Å². The molecule has 0 spiro atoms. The molecule has 0 rings (SSSR count). The monoisotopic (exact) mass is 456 g/mol. The summed E-state index contributed by atoms with van der Waals surface area (Å²) in [5, 5.41) is 0. The van der Waals surface area contributed by atoms with E-state index in [1.165, 1.54) is 122 Å². The van der Waals surface area contributed by atoms with Gasteiger partial charge in [-0.25, -0.2) is 0 Å². The number of hydrogen-bond donors (Lipinski definition) is 0. The molecule has 0 amide bonds. The van der Waals surface area contributed by atoms with E-state index in [2.05, 4.69) is 34.6 Å². The van der Waals surface area contributed by atoms with Crippen LogP contribution in [-0.4, -0.2) is 21.3 Å². The first kappa shape index (κ1) is 31.1. The van der Waals surface area contributed by atoms with Gasteiger partial charge in [0.15, 0.2) is 0 Å². The molecule has 0 aliphatic carbocycles. The van der Waals surface area contributed by atoms with Crippen LogP contribution in [0.25, 0.3) is 0 Å². The molecule has 0 aromatic rings. The molecular formula is C28H60O2Si. The smallest absolute Gasteiger partial charge is 0.337 e. The summed E-state index contributed by atoms with van der Waals surface area (Å²) in [6.07, 6.45) is 26.3. The van der Waals surface area contributed by atoms with E-state index in [0.717, 1.165) is 18.7 Å². The molecule has 1 atom stereocenters. The highest BCUT2D eigenvalue weighted by atomic mass is 28.4.